The molecule has 0 spiro atoms. The summed E-state index contributed by atoms with van der Waals surface area (Å²) < 4.78 is 5.30. The van der Waals surface area contributed by atoms with E-state index in [9.17, 15) is 9.59 Å². The summed E-state index contributed by atoms with van der Waals surface area (Å²) in [5, 5.41) is 0. The SMILES string of the molecule is CC(C)(C)OC(=O)N1CC2C(=O)CCCC21. The van der Waals surface area contributed by atoms with Gasteiger partial charge in [0.15, 0.2) is 0 Å². The molecular weight excluding hydrogens is 206 g/mol. The predicted octanol–water partition coefficient (Wildman–Crippen LogP) is 1.97. The van der Waals surface area contributed by atoms with Crippen molar-refractivity contribution < 1.29 is 14.3 Å². The van der Waals surface area contributed by atoms with Crippen LogP contribution in [0.3, 0.4) is 0 Å². The zero-order valence-corrected chi connectivity index (χ0v) is 10.2. The van der Waals surface area contributed by atoms with E-state index in [-0.39, 0.29) is 18.1 Å². The first-order valence-corrected chi connectivity index (χ1v) is 5.91. The van der Waals surface area contributed by atoms with E-state index in [1.807, 2.05) is 20.8 Å². The Kier molecular flexibility index (Phi) is 2.68. The molecule has 1 heterocycles. The van der Waals surface area contributed by atoms with Crippen molar-refractivity contribution in [2.24, 2.45) is 5.92 Å². The molecule has 0 aromatic rings. The van der Waals surface area contributed by atoms with E-state index >= 15 is 0 Å². The highest BCUT2D eigenvalue weighted by molar-refractivity contribution is 5.86. The molecule has 0 N–H and O–H groups in total. The van der Waals surface area contributed by atoms with E-state index in [2.05, 4.69) is 0 Å². The van der Waals surface area contributed by atoms with Crippen LogP contribution in [0.5, 0.6) is 0 Å². The number of Topliss-reactive ketones (excluding diaryl/α,β-unsaturated/α-hetero) is 1. The topological polar surface area (TPSA) is 46.6 Å². The highest BCUT2D eigenvalue weighted by Crippen LogP contribution is 2.35. The molecular formula is C12H19NO3. The minimum atomic E-state index is -0.457. The number of rotatable bonds is 0. The number of ether oxygens (including phenoxy) is 1. The van der Waals surface area contributed by atoms with Gasteiger partial charge >= 0.3 is 6.09 Å². The lowest BCUT2D eigenvalue weighted by molar-refractivity contribution is -0.135. The summed E-state index contributed by atoms with van der Waals surface area (Å²) in [5.41, 5.74) is -0.457. The van der Waals surface area contributed by atoms with Gasteiger partial charge in [0.1, 0.15) is 11.4 Å². The van der Waals surface area contributed by atoms with Gasteiger partial charge in [0.05, 0.1) is 5.92 Å². The summed E-state index contributed by atoms with van der Waals surface area (Å²) in [5.74, 6) is 0.400. The van der Waals surface area contributed by atoms with Crippen molar-refractivity contribution >= 4 is 11.9 Å². The van der Waals surface area contributed by atoms with Crippen molar-refractivity contribution in [3.8, 4) is 0 Å². The summed E-state index contributed by atoms with van der Waals surface area (Å²) in [6.45, 7) is 6.12. The number of carbonyl (C=O) groups is 2. The molecule has 1 saturated carbocycles. The van der Waals surface area contributed by atoms with Crippen LogP contribution < -0.4 is 0 Å². The van der Waals surface area contributed by atoms with Gasteiger partial charge in [0.2, 0.25) is 0 Å². The average Bonchev–Trinajstić information content (AvgIpc) is 2.05. The fourth-order valence-electron chi connectivity index (χ4n) is 2.42. The zero-order valence-electron chi connectivity index (χ0n) is 10.2. The van der Waals surface area contributed by atoms with E-state index < -0.39 is 5.60 Å². The molecule has 90 valence electrons. The van der Waals surface area contributed by atoms with E-state index in [1.165, 1.54) is 0 Å². The number of hydrogen-bond donors (Lipinski definition) is 0. The van der Waals surface area contributed by atoms with Gasteiger partial charge in [0.25, 0.3) is 0 Å². The normalized spacial score (nSPS) is 29.4. The highest BCUT2D eigenvalue weighted by atomic mass is 16.6. The van der Waals surface area contributed by atoms with Crippen LogP contribution in [0.2, 0.25) is 0 Å². The molecule has 1 saturated heterocycles. The van der Waals surface area contributed by atoms with E-state index in [4.69, 9.17) is 4.74 Å². The molecule has 16 heavy (non-hydrogen) atoms. The van der Waals surface area contributed by atoms with Crippen LogP contribution in [-0.4, -0.2) is 35.0 Å². The summed E-state index contributed by atoms with van der Waals surface area (Å²) in [6.07, 6.45) is 2.25. The van der Waals surface area contributed by atoms with Crippen molar-refractivity contribution in [2.45, 2.75) is 51.7 Å². The van der Waals surface area contributed by atoms with Crippen LogP contribution >= 0.6 is 0 Å². The molecule has 1 aliphatic carbocycles. The lowest BCUT2D eigenvalue weighted by atomic mass is 9.76. The second-order valence-electron chi connectivity index (χ2n) is 5.67. The maximum atomic E-state index is 11.8. The Hall–Kier alpha value is -1.06. The summed E-state index contributed by atoms with van der Waals surface area (Å²) >= 11 is 0. The predicted molar refractivity (Wildman–Crippen MR) is 59.1 cm³/mol. The quantitative estimate of drug-likeness (QED) is 0.633. The maximum Gasteiger partial charge on any atom is 0.410 e. The Morgan fingerprint density at radius 1 is 1.44 bits per heavy atom. The van der Waals surface area contributed by atoms with Gasteiger partial charge in [-0.05, 0) is 33.6 Å². The third kappa shape index (κ3) is 2.06. The second kappa shape index (κ2) is 3.75. The van der Waals surface area contributed by atoms with Crippen molar-refractivity contribution in [2.75, 3.05) is 6.54 Å². The number of likely N-dealkylation sites (tertiary alicyclic amines) is 1. The Morgan fingerprint density at radius 3 is 2.75 bits per heavy atom. The molecule has 4 nitrogen and oxygen atoms in total. The molecule has 4 heteroatoms. The van der Waals surface area contributed by atoms with Crippen molar-refractivity contribution in [3.63, 3.8) is 0 Å². The van der Waals surface area contributed by atoms with Crippen molar-refractivity contribution in [1.82, 2.24) is 4.90 Å². The minimum Gasteiger partial charge on any atom is -0.444 e. The molecule has 2 rings (SSSR count). The van der Waals surface area contributed by atoms with Crippen LogP contribution in [0.25, 0.3) is 0 Å². The molecule has 0 aromatic carbocycles. The van der Waals surface area contributed by atoms with E-state index in [1.54, 1.807) is 4.90 Å². The van der Waals surface area contributed by atoms with Crippen LogP contribution in [0.1, 0.15) is 40.0 Å². The molecule has 2 aliphatic rings. The Balaban J connectivity index is 1.94. The Morgan fingerprint density at radius 2 is 2.12 bits per heavy atom. The Bertz CT molecular complexity index is 319. The molecule has 2 atom stereocenters. The maximum absolute atomic E-state index is 11.8. The number of ketones is 1. The molecule has 2 unspecified atom stereocenters. The van der Waals surface area contributed by atoms with Gasteiger partial charge in [-0.25, -0.2) is 4.79 Å². The van der Waals surface area contributed by atoms with Crippen LogP contribution in [0.15, 0.2) is 0 Å². The van der Waals surface area contributed by atoms with Gasteiger partial charge in [0, 0.05) is 19.0 Å². The number of nitrogens with zero attached hydrogens (tertiary/aromatic N) is 1. The van der Waals surface area contributed by atoms with E-state index in [0.29, 0.717) is 18.7 Å². The van der Waals surface area contributed by atoms with Crippen LogP contribution in [0, 0.1) is 5.92 Å². The minimum absolute atomic E-state index is 0.0845. The molecule has 1 aliphatic heterocycles. The lowest BCUT2D eigenvalue weighted by Crippen LogP contribution is -2.63. The van der Waals surface area contributed by atoms with Crippen LogP contribution in [-0.2, 0) is 9.53 Å². The molecule has 2 fully saturated rings. The average molecular weight is 225 g/mol. The van der Waals surface area contributed by atoms with Crippen molar-refractivity contribution in [3.05, 3.63) is 0 Å². The second-order valence-corrected chi connectivity index (χ2v) is 5.67. The fourth-order valence-corrected chi connectivity index (χ4v) is 2.42. The van der Waals surface area contributed by atoms with Gasteiger partial charge in [-0.1, -0.05) is 0 Å². The summed E-state index contributed by atoms with van der Waals surface area (Å²) in [6, 6.07) is 0.107. The first kappa shape index (κ1) is 11.4. The molecule has 0 radical (unpaired) electrons. The molecule has 0 bridgehead atoms. The third-order valence-corrected chi connectivity index (χ3v) is 3.22. The highest BCUT2D eigenvalue weighted by Gasteiger charge is 2.48. The molecule has 0 aromatic heterocycles. The van der Waals surface area contributed by atoms with Gasteiger partial charge in [-0.15, -0.1) is 0 Å². The summed E-state index contributed by atoms with van der Waals surface area (Å²) in [7, 11) is 0. The lowest BCUT2D eigenvalue weighted by Gasteiger charge is -2.49. The first-order valence-electron chi connectivity index (χ1n) is 5.91. The molecule has 1 amide bonds. The number of hydrogen-bond acceptors (Lipinski definition) is 3. The monoisotopic (exact) mass is 225 g/mol. The van der Waals surface area contributed by atoms with Gasteiger partial charge < -0.3 is 9.64 Å². The smallest absolute Gasteiger partial charge is 0.410 e. The third-order valence-electron chi connectivity index (χ3n) is 3.22. The number of carbonyl (C=O) groups excluding carboxylic acids is 2. The standard InChI is InChI=1S/C12H19NO3/c1-12(2,3)16-11(15)13-7-8-9(13)5-4-6-10(8)14/h8-9H,4-7H2,1-3H3. The largest absolute Gasteiger partial charge is 0.444 e. The summed E-state index contributed by atoms with van der Waals surface area (Å²) in [4.78, 5) is 25.0. The van der Waals surface area contributed by atoms with E-state index in [0.717, 1.165) is 12.8 Å². The van der Waals surface area contributed by atoms with Crippen LogP contribution in [0.4, 0.5) is 4.79 Å². The Labute approximate surface area is 95.9 Å². The number of fused-ring (bicyclic) bond motifs is 1. The number of amides is 1. The van der Waals surface area contributed by atoms with Gasteiger partial charge in [-0.2, -0.15) is 0 Å². The van der Waals surface area contributed by atoms with Gasteiger partial charge in [-0.3, -0.25) is 4.79 Å². The zero-order chi connectivity index (χ0) is 11.9. The van der Waals surface area contributed by atoms with Crippen molar-refractivity contribution in [1.29, 1.82) is 0 Å². The first-order chi connectivity index (χ1) is 7.38. The fraction of sp³-hybridized carbons (Fsp3) is 0.833.